The molecule has 6 heteroatoms. The summed E-state index contributed by atoms with van der Waals surface area (Å²) in [6.45, 7) is 5.08. The summed E-state index contributed by atoms with van der Waals surface area (Å²) in [5, 5.41) is 0.510. The van der Waals surface area contributed by atoms with Gasteiger partial charge in [-0.05, 0) is 25.1 Å². The van der Waals surface area contributed by atoms with Gasteiger partial charge in [-0.15, -0.1) is 0 Å². The second kappa shape index (κ2) is 6.04. The lowest BCUT2D eigenvalue weighted by Gasteiger charge is -2.04. The molecule has 1 heterocycles. The molecular weight excluding hydrogens is 276 g/mol. The van der Waals surface area contributed by atoms with Gasteiger partial charge in [0.15, 0.2) is 0 Å². The molecule has 0 unspecified atom stereocenters. The number of benzene rings is 1. The summed E-state index contributed by atoms with van der Waals surface area (Å²) in [6, 6.07) is 5.83. The fraction of sp³-hybridized carbons (Fsp3) is 0.133. The number of carbonyl (C=O) groups is 2. The Hall–Kier alpha value is -2.89. The van der Waals surface area contributed by atoms with Crippen LogP contribution in [0.25, 0.3) is 11.0 Å². The zero-order valence-corrected chi connectivity index (χ0v) is 11.3. The van der Waals surface area contributed by atoms with Crippen LogP contribution in [0, 0.1) is 0 Å². The van der Waals surface area contributed by atoms with Crippen LogP contribution in [-0.2, 0) is 9.53 Å². The minimum absolute atomic E-state index is 0.159. The Morgan fingerprint density at radius 2 is 2.10 bits per heavy atom. The molecule has 0 N–H and O–H groups in total. The predicted octanol–water partition coefficient (Wildman–Crippen LogP) is 2.06. The Morgan fingerprint density at radius 3 is 2.76 bits per heavy atom. The lowest BCUT2D eigenvalue weighted by Crippen LogP contribution is -2.16. The highest BCUT2D eigenvalue weighted by Gasteiger charge is 2.15. The molecular formula is C15H12O6. The molecule has 21 heavy (non-hydrogen) atoms. The molecule has 6 nitrogen and oxygen atoms in total. The molecule has 1 aromatic heterocycles. The van der Waals surface area contributed by atoms with E-state index in [0.29, 0.717) is 5.39 Å². The minimum atomic E-state index is -0.812. The van der Waals surface area contributed by atoms with Gasteiger partial charge in [0.05, 0.1) is 6.61 Å². The molecule has 0 spiro atoms. The molecule has 2 rings (SSSR count). The molecule has 0 aliphatic heterocycles. The van der Waals surface area contributed by atoms with Crippen molar-refractivity contribution in [3.8, 4) is 5.75 Å². The number of hydrogen-bond donors (Lipinski definition) is 0. The normalized spacial score (nSPS) is 10.1. The topological polar surface area (TPSA) is 82.8 Å². The molecule has 0 saturated heterocycles. The van der Waals surface area contributed by atoms with Crippen LogP contribution in [0.1, 0.15) is 17.3 Å². The first-order valence-corrected chi connectivity index (χ1v) is 6.14. The Kier molecular flexibility index (Phi) is 4.18. The summed E-state index contributed by atoms with van der Waals surface area (Å²) in [5.41, 5.74) is -0.796. The van der Waals surface area contributed by atoms with Crippen LogP contribution in [0.15, 0.2) is 46.1 Å². The Bertz CT molecular complexity index is 771. The average molecular weight is 288 g/mol. The number of carbonyl (C=O) groups excluding carboxylic acids is 2. The van der Waals surface area contributed by atoms with E-state index in [-0.39, 0.29) is 23.5 Å². The second-order valence-electron chi connectivity index (χ2n) is 3.99. The monoisotopic (exact) mass is 288 g/mol. The van der Waals surface area contributed by atoms with Gasteiger partial charge in [-0.1, -0.05) is 6.58 Å². The maximum absolute atomic E-state index is 11.7. The Balaban J connectivity index is 2.44. The molecule has 108 valence electrons. The predicted molar refractivity (Wildman–Crippen MR) is 74.3 cm³/mol. The number of esters is 2. The average Bonchev–Trinajstić information content (AvgIpc) is 2.46. The quantitative estimate of drug-likeness (QED) is 0.370. The molecule has 0 bridgehead atoms. The Morgan fingerprint density at radius 1 is 1.33 bits per heavy atom. The highest BCUT2D eigenvalue weighted by atomic mass is 16.5. The molecule has 2 aromatic rings. The highest BCUT2D eigenvalue weighted by molar-refractivity contribution is 5.93. The van der Waals surface area contributed by atoms with Gasteiger partial charge in [0.25, 0.3) is 0 Å². The van der Waals surface area contributed by atoms with Gasteiger partial charge in [-0.3, -0.25) is 0 Å². The summed E-state index contributed by atoms with van der Waals surface area (Å²) in [5.74, 6) is -1.16. The minimum Gasteiger partial charge on any atom is -0.462 e. The van der Waals surface area contributed by atoms with Crippen molar-refractivity contribution in [1.29, 1.82) is 0 Å². The van der Waals surface area contributed by atoms with Gasteiger partial charge >= 0.3 is 17.6 Å². The van der Waals surface area contributed by atoms with Crippen molar-refractivity contribution in [3.63, 3.8) is 0 Å². The molecule has 0 amide bonds. The van der Waals surface area contributed by atoms with Crippen LogP contribution in [0.5, 0.6) is 5.75 Å². The lowest BCUT2D eigenvalue weighted by atomic mass is 10.2. The lowest BCUT2D eigenvalue weighted by molar-refractivity contribution is -0.128. The van der Waals surface area contributed by atoms with Crippen LogP contribution in [0.3, 0.4) is 0 Å². The first-order valence-electron chi connectivity index (χ1n) is 6.14. The van der Waals surface area contributed by atoms with Gasteiger partial charge in [-0.2, -0.15) is 0 Å². The highest BCUT2D eigenvalue weighted by Crippen LogP contribution is 2.21. The van der Waals surface area contributed by atoms with Gasteiger partial charge < -0.3 is 13.9 Å². The fourth-order valence-electron chi connectivity index (χ4n) is 1.66. The maximum atomic E-state index is 11.7. The van der Waals surface area contributed by atoms with Crippen molar-refractivity contribution in [2.24, 2.45) is 0 Å². The third kappa shape index (κ3) is 3.17. The van der Waals surface area contributed by atoms with E-state index in [1.165, 1.54) is 18.2 Å². The third-order valence-electron chi connectivity index (χ3n) is 2.59. The smallest absolute Gasteiger partial charge is 0.351 e. The zero-order valence-electron chi connectivity index (χ0n) is 11.3. The van der Waals surface area contributed by atoms with Crippen LogP contribution in [0.2, 0.25) is 0 Å². The largest absolute Gasteiger partial charge is 0.462 e. The molecule has 0 fully saturated rings. The van der Waals surface area contributed by atoms with Crippen LogP contribution in [0.4, 0.5) is 0 Å². The molecule has 0 atom stereocenters. The van der Waals surface area contributed by atoms with Gasteiger partial charge in [0, 0.05) is 17.5 Å². The van der Waals surface area contributed by atoms with Gasteiger partial charge in [-0.25, -0.2) is 14.4 Å². The van der Waals surface area contributed by atoms with Gasteiger partial charge in [0.2, 0.25) is 0 Å². The summed E-state index contributed by atoms with van der Waals surface area (Å²) in [4.78, 5) is 34.5. The number of rotatable bonds is 4. The Labute approximate surface area is 119 Å². The van der Waals surface area contributed by atoms with E-state index in [2.05, 4.69) is 6.58 Å². The second-order valence-corrected chi connectivity index (χ2v) is 3.99. The molecule has 0 aliphatic rings. The van der Waals surface area contributed by atoms with E-state index in [1.807, 2.05) is 0 Å². The first-order chi connectivity index (χ1) is 10.0. The van der Waals surface area contributed by atoms with Crippen molar-refractivity contribution >= 4 is 22.9 Å². The van der Waals surface area contributed by atoms with Crippen LogP contribution in [-0.4, -0.2) is 18.5 Å². The van der Waals surface area contributed by atoms with Crippen molar-refractivity contribution < 1.29 is 23.5 Å². The van der Waals surface area contributed by atoms with Crippen molar-refractivity contribution in [1.82, 2.24) is 0 Å². The summed E-state index contributed by atoms with van der Waals surface area (Å²) < 4.78 is 14.7. The SMILES string of the molecule is C=CC(=O)Oc1ccc2cc(C(=O)OCC)c(=O)oc2c1. The van der Waals surface area contributed by atoms with E-state index >= 15 is 0 Å². The van der Waals surface area contributed by atoms with E-state index < -0.39 is 17.6 Å². The van der Waals surface area contributed by atoms with E-state index in [0.717, 1.165) is 6.08 Å². The van der Waals surface area contributed by atoms with Crippen LogP contribution >= 0.6 is 0 Å². The number of ether oxygens (including phenoxy) is 2. The summed E-state index contributed by atoms with van der Waals surface area (Å²) >= 11 is 0. The summed E-state index contributed by atoms with van der Waals surface area (Å²) in [7, 11) is 0. The van der Waals surface area contributed by atoms with Crippen LogP contribution < -0.4 is 10.4 Å². The number of fused-ring (bicyclic) bond motifs is 1. The fourth-order valence-corrected chi connectivity index (χ4v) is 1.66. The first kappa shape index (κ1) is 14.5. The summed E-state index contributed by atoms with van der Waals surface area (Å²) in [6.07, 6.45) is 1.02. The van der Waals surface area contributed by atoms with E-state index in [1.54, 1.807) is 13.0 Å². The number of hydrogen-bond acceptors (Lipinski definition) is 6. The van der Waals surface area contributed by atoms with Gasteiger partial charge in [0.1, 0.15) is 16.9 Å². The maximum Gasteiger partial charge on any atom is 0.351 e. The van der Waals surface area contributed by atoms with Crippen molar-refractivity contribution in [2.45, 2.75) is 6.92 Å². The molecule has 0 aliphatic carbocycles. The van der Waals surface area contributed by atoms with Crippen molar-refractivity contribution in [3.05, 3.63) is 52.9 Å². The third-order valence-corrected chi connectivity index (χ3v) is 2.59. The van der Waals surface area contributed by atoms with E-state index in [9.17, 15) is 14.4 Å². The zero-order chi connectivity index (χ0) is 15.4. The van der Waals surface area contributed by atoms with E-state index in [4.69, 9.17) is 13.9 Å². The van der Waals surface area contributed by atoms with Crippen molar-refractivity contribution in [2.75, 3.05) is 6.61 Å². The molecule has 1 aromatic carbocycles. The standard InChI is InChI=1S/C15H12O6/c1-3-13(16)20-10-6-5-9-7-11(14(17)19-4-2)15(18)21-12(9)8-10/h3,5-8H,1,4H2,2H3. The molecule has 0 saturated carbocycles. The molecule has 0 radical (unpaired) electrons.